The van der Waals surface area contributed by atoms with Crippen molar-refractivity contribution in [2.24, 2.45) is 73.3 Å². The normalized spacial score (nSPS) is 43.3. The highest BCUT2D eigenvalue weighted by molar-refractivity contribution is 5.95. The zero-order valence-corrected chi connectivity index (χ0v) is 33.8. The van der Waals surface area contributed by atoms with E-state index in [2.05, 4.69) is 85.3 Å². The molecule has 2 aliphatic heterocycles. The Hall–Kier alpha value is -2.30. The van der Waals surface area contributed by atoms with Crippen LogP contribution in [0.25, 0.3) is 0 Å². The fourth-order valence-electron chi connectivity index (χ4n) is 12.9. The van der Waals surface area contributed by atoms with Crippen molar-refractivity contribution in [3.63, 3.8) is 0 Å². The van der Waals surface area contributed by atoms with Crippen LogP contribution in [0.5, 0.6) is 0 Å². The van der Waals surface area contributed by atoms with Gasteiger partial charge < -0.3 is 25.6 Å². The quantitative estimate of drug-likeness (QED) is 0.234. The van der Waals surface area contributed by atoms with E-state index in [1.807, 2.05) is 0 Å². The van der Waals surface area contributed by atoms with Crippen molar-refractivity contribution in [1.82, 2.24) is 20.1 Å². The largest absolute Gasteiger partial charge is 0.481 e. The smallest absolute Gasteiger partial charge is 0.307 e. The molecule has 3 heterocycles. The Bertz CT molecular complexity index is 1600. The molecule has 7 rings (SSSR count). The molecule has 4 aliphatic carbocycles. The number of hydrogen-bond acceptors (Lipinski definition) is 8. The molecule has 52 heavy (non-hydrogen) atoms. The van der Waals surface area contributed by atoms with Gasteiger partial charge in [0.25, 0.3) is 0 Å². The first-order valence-corrected chi connectivity index (χ1v) is 20.5. The van der Waals surface area contributed by atoms with Crippen LogP contribution in [0, 0.1) is 62.6 Å². The van der Waals surface area contributed by atoms with Crippen LogP contribution in [0.15, 0.2) is 23.0 Å². The highest BCUT2D eigenvalue weighted by Gasteiger charge is 2.72. The predicted octanol–water partition coefficient (Wildman–Crippen LogP) is 6.91. The van der Waals surface area contributed by atoms with Crippen molar-refractivity contribution in [3.8, 4) is 0 Å². The van der Waals surface area contributed by atoms with Gasteiger partial charge in [0, 0.05) is 29.5 Å². The number of hydrogen-bond donors (Lipinski definition) is 3. The zero-order chi connectivity index (χ0) is 37.6. The Labute approximate surface area is 312 Å². The van der Waals surface area contributed by atoms with Gasteiger partial charge in [-0.1, -0.05) is 74.0 Å². The number of nitrogens with two attached hydrogens (primary N) is 1. The molecule has 10 heteroatoms. The minimum atomic E-state index is -0.621. The molecule has 0 amide bonds. The molecule has 4 N–H and O–H groups in total. The highest BCUT2D eigenvalue weighted by atomic mass is 16.5. The van der Waals surface area contributed by atoms with Crippen LogP contribution in [0.1, 0.15) is 126 Å². The number of aliphatic carboxylic acids is 1. The number of carboxylic acids is 1. The summed E-state index contributed by atoms with van der Waals surface area (Å²) in [6.45, 7) is 26.1. The second kappa shape index (κ2) is 12.9. The van der Waals surface area contributed by atoms with Gasteiger partial charge in [0.2, 0.25) is 0 Å². The predicted molar refractivity (Wildman–Crippen MR) is 204 cm³/mol. The van der Waals surface area contributed by atoms with Crippen LogP contribution in [-0.2, 0) is 14.3 Å². The van der Waals surface area contributed by atoms with Crippen LogP contribution in [-0.4, -0.2) is 76.2 Å². The Morgan fingerprint density at radius 2 is 1.88 bits per heavy atom. The topological polar surface area (TPSA) is 137 Å². The minimum Gasteiger partial charge on any atom is -0.481 e. The molecule has 0 spiro atoms. The summed E-state index contributed by atoms with van der Waals surface area (Å²) in [5.41, 5.74) is 6.61. The third-order valence-corrected chi connectivity index (χ3v) is 17.0. The van der Waals surface area contributed by atoms with Gasteiger partial charge in [0.05, 0.1) is 37.9 Å². The van der Waals surface area contributed by atoms with Crippen molar-refractivity contribution < 1.29 is 19.4 Å². The number of ether oxygens (including phenoxy) is 2. The van der Waals surface area contributed by atoms with E-state index in [1.165, 1.54) is 5.57 Å². The average molecular weight is 721 g/mol. The first kappa shape index (κ1) is 38.0. The Morgan fingerprint density at radius 1 is 1.13 bits per heavy atom. The number of rotatable bonds is 9. The Morgan fingerprint density at radius 3 is 2.54 bits per heavy atom. The van der Waals surface area contributed by atoms with E-state index >= 15 is 0 Å². The molecule has 0 unspecified atom stereocenters. The molecule has 1 aromatic heterocycles. The summed E-state index contributed by atoms with van der Waals surface area (Å²) in [4.78, 5) is 23.2. The Kier molecular flexibility index (Phi) is 9.42. The molecule has 2 bridgehead atoms. The van der Waals surface area contributed by atoms with Crippen LogP contribution in [0.3, 0.4) is 0 Å². The van der Waals surface area contributed by atoms with Crippen LogP contribution >= 0.6 is 0 Å². The summed E-state index contributed by atoms with van der Waals surface area (Å²) in [5, 5.41) is 19.6. The summed E-state index contributed by atoms with van der Waals surface area (Å²) in [6.07, 6.45) is 10.7. The van der Waals surface area contributed by atoms with Gasteiger partial charge in [0.1, 0.15) is 6.33 Å². The average Bonchev–Trinajstić information content (AvgIpc) is 3.58. The molecule has 6 aliphatic rings. The van der Waals surface area contributed by atoms with E-state index in [4.69, 9.17) is 30.3 Å². The lowest BCUT2D eigenvalue weighted by molar-refractivity contribution is -0.252. The van der Waals surface area contributed by atoms with Gasteiger partial charge in [0.15, 0.2) is 11.7 Å². The number of amidine groups is 1. The van der Waals surface area contributed by atoms with Crippen molar-refractivity contribution >= 4 is 11.8 Å². The molecule has 1 saturated heterocycles. The number of aliphatic imine (C=N–C) groups is 1. The highest BCUT2D eigenvalue weighted by Crippen LogP contribution is 2.75. The molecule has 12 atom stereocenters. The number of nitrogens with one attached hydrogen (secondary N) is 1. The minimum absolute atomic E-state index is 0.105. The standard InChI is InChI=1S/C42H68N6O4/c1-25(2)27(5)37(6)16-17-39(8)28-12-13-31-38(7)21-51-23-42(31,29(28)14-15-40(39,9)32(37)36(49)50)20-30(33(38)52-22-41(10,43)26(3)4)48-35(46-24-47-48)34-44-18-11-19-45-34/h14,24-28,30-33H,11-13,15-23,43H2,1-10H3,(H,44,45)(H,49,50)/t27-,28+,30-,31+,32-,33+,37-,38+,39-,40+,41+,42+/m1/s1. The lowest BCUT2D eigenvalue weighted by Gasteiger charge is -2.71. The third kappa shape index (κ3) is 5.33. The van der Waals surface area contributed by atoms with E-state index in [9.17, 15) is 9.90 Å². The summed E-state index contributed by atoms with van der Waals surface area (Å²) in [5.74, 6) is 2.17. The first-order valence-electron chi connectivity index (χ1n) is 20.5. The van der Waals surface area contributed by atoms with Crippen LogP contribution < -0.4 is 11.1 Å². The van der Waals surface area contributed by atoms with Crippen LogP contribution in [0.2, 0.25) is 0 Å². The molecule has 1 aromatic rings. The third-order valence-electron chi connectivity index (χ3n) is 17.0. The number of carbonyl (C=O) groups is 1. The fourth-order valence-corrected chi connectivity index (χ4v) is 12.9. The van der Waals surface area contributed by atoms with E-state index in [-0.39, 0.29) is 45.1 Å². The summed E-state index contributed by atoms with van der Waals surface area (Å²) < 4.78 is 16.1. The molecule has 290 valence electrons. The second-order valence-electron chi connectivity index (χ2n) is 20.0. The maximum absolute atomic E-state index is 13.6. The van der Waals surface area contributed by atoms with Crippen molar-refractivity contribution in [1.29, 1.82) is 0 Å². The van der Waals surface area contributed by atoms with Gasteiger partial charge in [-0.15, -0.1) is 0 Å². The maximum Gasteiger partial charge on any atom is 0.307 e. The number of nitrogens with zero attached hydrogens (tertiary/aromatic N) is 4. The lowest BCUT2D eigenvalue weighted by Crippen LogP contribution is -2.69. The molecule has 3 saturated carbocycles. The van der Waals surface area contributed by atoms with Crippen molar-refractivity contribution in [3.05, 3.63) is 23.8 Å². The van der Waals surface area contributed by atoms with Crippen molar-refractivity contribution in [2.45, 2.75) is 132 Å². The van der Waals surface area contributed by atoms with Gasteiger partial charge in [-0.2, -0.15) is 5.10 Å². The fraction of sp³-hybridized carbons (Fsp3) is 0.857. The molecule has 10 nitrogen and oxygen atoms in total. The number of carboxylic acid groups (broad SMARTS) is 1. The van der Waals surface area contributed by atoms with Gasteiger partial charge in [-0.3, -0.25) is 9.79 Å². The van der Waals surface area contributed by atoms with Crippen molar-refractivity contribution in [2.75, 3.05) is 32.9 Å². The Balaban J connectivity index is 1.34. The summed E-state index contributed by atoms with van der Waals surface area (Å²) >= 11 is 0. The van der Waals surface area contributed by atoms with Gasteiger partial charge in [-0.05, 0) is 97.7 Å². The number of aromatic nitrogens is 3. The van der Waals surface area contributed by atoms with Gasteiger partial charge >= 0.3 is 5.97 Å². The molecule has 0 aromatic carbocycles. The number of allylic oxidation sites excluding steroid dienone is 1. The van der Waals surface area contributed by atoms with Gasteiger partial charge in [-0.25, -0.2) is 9.67 Å². The molecule has 4 fully saturated rings. The van der Waals surface area contributed by atoms with Crippen LogP contribution in [0.4, 0.5) is 0 Å². The number of fused-ring (bicyclic) bond motifs is 3. The van der Waals surface area contributed by atoms with E-state index in [1.54, 1.807) is 6.33 Å². The first-order chi connectivity index (χ1) is 24.4. The SMILES string of the molecule is CC(C)[C@@H](C)[C@@]1(C)CC[C@]2(C)[C@H]3CC[C@@H]4[C@@]5(COC[C@]4(C)[C@@H](OC[C@](C)(N)C(C)C)[C@H](n4ncnc4C4=NCCCN4)C5)C3=CC[C@@]2(C)[C@@H]1C(=O)O. The molecule has 0 radical (unpaired) electrons. The summed E-state index contributed by atoms with van der Waals surface area (Å²) in [6, 6.07) is -0.105. The maximum atomic E-state index is 13.6. The monoisotopic (exact) mass is 721 g/mol. The summed E-state index contributed by atoms with van der Waals surface area (Å²) in [7, 11) is 0. The molecular formula is C42H68N6O4. The molecular weight excluding hydrogens is 653 g/mol. The van der Waals surface area contributed by atoms with E-state index < -0.39 is 17.4 Å². The second-order valence-corrected chi connectivity index (χ2v) is 20.0. The van der Waals surface area contributed by atoms with E-state index in [0.717, 1.165) is 69.7 Å². The zero-order valence-electron chi connectivity index (χ0n) is 33.8. The lowest BCUT2D eigenvalue weighted by atomic mass is 9.34. The van der Waals surface area contributed by atoms with E-state index in [0.29, 0.717) is 43.5 Å².